The first-order chi connectivity index (χ1) is 28.3. The fourth-order valence-corrected chi connectivity index (χ4v) is 9.32. The molecule has 12 aromatic rings. The number of para-hydroxylation sites is 4. The molecular weight excluding hydrogens is 691 g/mol. The fourth-order valence-electron chi connectivity index (χ4n) is 9.32. The number of hydrogen-bond donors (Lipinski definition) is 0. The average Bonchev–Trinajstić information content (AvgIpc) is 3.92. The van der Waals surface area contributed by atoms with Crippen LogP contribution in [0.4, 0.5) is 0 Å². The number of hydrogen-bond acceptors (Lipinski definition) is 0. The fraction of sp³-hybridized carbons (Fsp3) is 0. The number of rotatable bonds is 5. The van der Waals surface area contributed by atoms with Crippen LogP contribution in [0.3, 0.4) is 0 Å². The largest absolute Gasteiger partial charge is 0.309 e. The van der Waals surface area contributed by atoms with Gasteiger partial charge in [-0.1, -0.05) is 133 Å². The lowest BCUT2D eigenvalue weighted by Gasteiger charge is -2.11. The minimum atomic E-state index is 1.14. The van der Waals surface area contributed by atoms with Crippen molar-refractivity contribution < 1.29 is 0 Å². The van der Waals surface area contributed by atoms with Gasteiger partial charge in [0.25, 0.3) is 0 Å². The molecule has 57 heavy (non-hydrogen) atoms. The SMILES string of the molecule is c1ccc(-c2ccc(-n3c4ccccc4c4c5c6ccccc6n(-c6ccc(-c7ccc8c(c7)c7ccccc7n8-c7ccccc7)cc6)c5ccc43)cc2)cc1. The summed E-state index contributed by atoms with van der Waals surface area (Å²) < 4.78 is 7.23. The second-order valence-electron chi connectivity index (χ2n) is 14.9. The summed E-state index contributed by atoms with van der Waals surface area (Å²) in [5.41, 5.74) is 15.6. The molecule has 0 aliphatic rings. The molecule has 0 saturated heterocycles. The molecule has 0 radical (unpaired) electrons. The minimum Gasteiger partial charge on any atom is -0.309 e. The van der Waals surface area contributed by atoms with Crippen molar-refractivity contribution >= 4 is 65.4 Å². The first-order valence-corrected chi connectivity index (χ1v) is 19.6. The van der Waals surface area contributed by atoms with Gasteiger partial charge in [0.2, 0.25) is 0 Å². The van der Waals surface area contributed by atoms with E-state index in [4.69, 9.17) is 0 Å². The van der Waals surface area contributed by atoms with Crippen LogP contribution in [0.2, 0.25) is 0 Å². The van der Waals surface area contributed by atoms with Gasteiger partial charge >= 0.3 is 0 Å². The molecule has 0 N–H and O–H groups in total. The Hall–Kier alpha value is -7.62. The van der Waals surface area contributed by atoms with Crippen LogP contribution in [0.1, 0.15) is 0 Å². The van der Waals surface area contributed by atoms with Crippen molar-refractivity contribution in [2.45, 2.75) is 0 Å². The van der Waals surface area contributed by atoms with E-state index in [-0.39, 0.29) is 0 Å². The summed E-state index contributed by atoms with van der Waals surface area (Å²) in [6.07, 6.45) is 0. The van der Waals surface area contributed by atoms with Crippen LogP contribution in [0.15, 0.2) is 212 Å². The maximum absolute atomic E-state index is 2.44. The van der Waals surface area contributed by atoms with E-state index in [0.29, 0.717) is 0 Å². The Balaban J connectivity index is 1.00. The summed E-state index contributed by atoms with van der Waals surface area (Å²) in [5, 5.41) is 7.59. The number of aromatic nitrogens is 3. The van der Waals surface area contributed by atoms with Crippen LogP contribution in [0.5, 0.6) is 0 Å². The van der Waals surface area contributed by atoms with Crippen molar-refractivity contribution in [2.75, 3.05) is 0 Å². The quantitative estimate of drug-likeness (QED) is 0.168. The van der Waals surface area contributed by atoms with Gasteiger partial charge in [0.05, 0.1) is 33.1 Å². The van der Waals surface area contributed by atoms with Gasteiger partial charge in [0, 0.05) is 49.4 Å². The molecule has 0 unspecified atom stereocenters. The van der Waals surface area contributed by atoms with Gasteiger partial charge < -0.3 is 13.7 Å². The van der Waals surface area contributed by atoms with Crippen LogP contribution in [0.25, 0.3) is 105 Å². The zero-order chi connectivity index (χ0) is 37.5. The highest BCUT2D eigenvalue weighted by atomic mass is 15.0. The maximum Gasteiger partial charge on any atom is 0.0548 e. The Morgan fingerprint density at radius 1 is 0.211 bits per heavy atom. The first-order valence-electron chi connectivity index (χ1n) is 19.6. The van der Waals surface area contributed by atoms with Gasteiger partial charge in [-0.3, -0.25) is 0 Å². The van der Waals surface area contributed by atoms with Crippen molar-refractivity contribution in [3.63, 3.8) is 0 Å². The molecule has 266 valence electrons. The minimum absolute atomic E-state index is 1.14. The van der Waals surface area contributed by atoms with Crippen molar-refractivity contribution in [1.82, 2.24) is 13.7 Å². The maximum atomic E-state index is 2.44. The average molecular weight is 726 g/mol. The van der Waals surface area contributed by atoms with Crippen molar-refractivity contribution in [2.24, 2.45) is 0 Å². The van der Waals surface area contributed by atoms with E-state index in [1.165, 1.54) is 93.4 Å². The van der Waals surface area contributed by atoms with Crippen LogP contribution < -0.4 is 0 Å². The topological polar surface area (TPSA) is 14.8 Å². The predicted molar refractivity (Wildman–Crippen MR) is 240 cm³/mol. The lowest BCUT2D eigenvalue weighted by Crippen LogP contribution is -1.95. The highest BCUT2D eigenvalue weighted by molar-refractivity contribution is 6.29. The second kappa shape index (κ2) is 12.5. The highest BCUT2D eigenvalue weighted by Gasteiger charge is 2.21. The van der Waals surface area contributed by atoms with E-state index >= 15 is 0 Å². The van der Waals surface area contributed by atoms with Crippen molar-refractivity contribution in [3.8, 4) is 39.3 Å². The molecule has 0 spiro atoms. The lowest BCUT2D eigenvalue weighted by atomic mass is 10.0. The smallest absolute Gasteiger partial charge is 0.0548 e. The Labute approximate surface area is 329 Å². The molecule has 3 heteroatoms. The Bertz CT molecular complexity index is 3470. The van der Waals surface area contributed by atoms with Gasteiger partial charge in [0.15, 0.2) is 0 Å². The zero-order valence-corrected chi connectivity index (χ0v) is 31.0. The van der Waals surface area contributed by atoms with E-state index in [9.17, 15) is 0 Å². The highest BCUT2D eigenvalue weighted by Crippen LogP contribution is 2.43. The summed E-state index contributed by atoms with van der Waals surface area (Å²) in [6, 6.07) is 77.3. The number of fused-ring (bicyclic) bond motifs is 10. The van der Waals surface area contributed by atoms with Crippen molar-refractivity contribution in [1.29, 1.82) is 0 Å². The summed E-state index contributed by atoms with van der Waals surface area (Å²) in [4.78, 5) is 0. The molecule has 0 amide bonds. The molecule has 9 aromatic carbocycles. The van der Waals surface area contributed by atoms with E-state index in [1.54, 1.807) is 0 Å². The zero-order valence-electron chi connectivity index (χ0n) is 31.0. The number of benzene rings is 9. The summed E-state index contributed by atoms with van der Waals surface area (Å²) >= 11 is 0. The molecule has 0 fully saturated rings. The van der Waals surface area contributed by atoms with E-state index < -0.39 is 0 Å². The monoisotopic (exact) mass is 725 g/mol. The Kier molecular flexibility index (Phi) is 6.93. The molecular formula is C54H35N3. The Morgan fingerprint density at radius 2 is 0.561 bits per heavy atom. The summed E-state index contributed by atoms with van der Waals surface area (Å²) in [5.74, 6) is 0. The third-order valence-corrected chi connectivity index (χ3v) is 11.9. The molecule has 3 nitrogen and oxygen atoms in total. The van der Waals surface area contributed by atoms with Gasteiger partial charge in [-0.25, -0.2) is 0 Å². The third kappa shape index (κ3) is 4.79. The normalized spacial score (nSPS) is 11.9. The van der Waals surface area contributed by atoms with Gasteiger partial charge in [-0.15, -0.1) is 0 Å². The first kappa shape index (κ1) is 31.7. The third-order valence-electron chi connectivity index (χ3n) is 11.9. The van der Waals surface area contributed by atoms with Crippen LogP contribution >= 0.6 is 0 Å². The van der Waals surface area contributed by atoms with Crippen LogP contribution in [-0.4, -0.2) is 13.7 Å². The van der Waals surface area contributed by atoms with Gasteiger partial charge in [-0.05, 0) is 101 Å². The lowest BCUT2D eigenvalue weighted by molar-refractivity contribution is 1.17. The standard InChI is InChI=1S/C54H35N3/c1-3-13-36(14-4-1)37-23-28-41(29-24-37)56-48-21-11-8-18-44(48)53-51(56)33-34-52-54(53)45-19-9-12-22-49(45)57(52)42-30-25-38(26-31-42)39-27-32-50-46(35-39)43-17-7-10-20-47(43)55(50)40-15-5-2-6-16-40/h1-35H. The van der Waals surface area contributed by atoms with Crippen LogP contribution in [-0.2, 0) is 0 Å². The summed E-state index contributed by atoms with van der Waals surface area (Å²) in [7, 11) is 0. The number of nitrogens with zero attached hydrogens (tertiary/aromatic N) is 3. The van der Waals surface area contributed by atoms with Crippen LogP contribution in [0, 0.1) is 0 Å². The molecule has 0 aliphatic carbocycles. The summed E-state index contributed by atoms with van der Waals surface area (Å²) in [6.45, 7) is 0. The van der Waals surface area contributed by atoms with E-state index in [2.05, 4.69) is 226 Å². The molecule has 3 aromatic heterocycles. The van der Waals surface area contributed by atoms with Crippen molar-refractivity contribution in [3.05, 3.63) is 212 Å². The van der Waals surface area contributed by atoms with E-state index in [1.807, 2.05) is 0 Å². The molecule has 0 aliphatic heterocycles. The molecule has 3 heterocycles. The molecule has 12 rings (SSSR count). The molecule has 0 saturated carbocycles. The second-order valence-corrected chi connectivity index (χ2v) is 14.9. The Morgan fingerprint density at radius 3 is 1.12 bits per heavy atom. The molecule has 0 bridgehead atoms. The van der Waals surface area contributed by atoms with Gasteiger partial charge in [0.1, 0.15) is 0 Å². The van der Waals surface area contributed by atoms with E-state index in [0.717, 1.165) is 11.4 Å². The van der Waals surface area contributed by atoms with Gasteiger partial charge in [-0.2, -0.15) is 0 Å². The molecule has 0 atom stereocenters. The predicted octanol–water partition coefficient (Wildman–Crippen LogP) is 14.3.